The first-order valence-corrected chi connectivity index (χ1v) is 4.43. The molecule has 0 aliphatic rings. The lowest BCUT2D eigenvalue weighted by atomic mass is 10.2. The Morgan fingerprint density at radius 1 is 1.53 bits per heavy atom. The first kappa shape index (κ1) is 9.51. The van der Waals surface area contributed by atoms with Crippen molar-refractivity contribution in [2.75, 3.05) is 0 Å². The van der Waals surface area contributed by atoms with Crippen LogP contribution in [0.25, 0.3) is 11.5 Å². The minimum Gasteiger partial charge on any atom is -0.477 e. The molecule has 2 aromatic heterocycles. The average Bonchev–Trinajstić information content (AvgIpc) is 2.71. The maximum atomic E-state index is 10.8. The van der Waals surface area contributed by atoms with E-state index in [9.17, 15) is 4.79 Å². The Kier molecular flexibility index (Phi) is 2.07. The number of nitrogens with one attached hydrogen (secondary N) is 1. The van der Waals surface area contributed by atoms with E-state index >= 15 is 0 Å². The van der Waals surface area contributed by atoms with Crippen LogP contribution < -0.4 is 0 Å². The van der Waals surface area contributed by atoms with Crippen LogP contribution in [0.4, 0.5) is 0 Å². The van der Waals surface area contributed by atoms with Gasteiger partial charge in [-0.05, 0) is 25.5 Å². The lowest BCUT2D eigenvalue weighted by molar-refractivity contribution is 0.0690. The van der Waals surface area contributed by atoms with E-state index in [1.807, 2.05) is 0 Å². The molecule has 0 spiro atoms. The van der Waals surface area contributed by atoms with Gasteiger partial charge in [0.15, 0.2) is 12.2 Å². The van der Waals surface area contributed by atoms with E-state index in [4.69, 9.17) is 9.52 Å². The summed E-state index contributed by atoms with van der Waals surface area (Å²) in [4.78, 5) is 17.5. The van der Waals surface area contributed by atoms with Gasteiger partial charge in [0.25, 0.3) is 0 Å². The van der Waals surface area contributed by atoms with Gasteiger partial charge in [-0.25, -0.2) is 9.78 Å². The molecule has 0 amide bonds. The van der Waals surface area contributed by atoms with Crippen LogP contribution in [0.2, 0.25) is 0 Å². The Labute approximate surface area is 85.8 Å². The molecule has 15 heavy (non-hydrogen) atoms. The fourth-order valence-corrected chi connectivity index (χ4v) is 1.46. The van der Waals surface area contributed by atoms with Gasteiger partial charge in [-0.1, -0.05) is 0 Å². The molecule has 5 nitrogen and oxygen atoms in total. The van der Waals surface area contributed by atoms with Crippen LogP contribution >= 0.6 is 0 Å². The van der Waals surface area contributed by atoms with Gasteiger partial charge in [-0.3, -0.25) is 0 Å². The van der Waals surface area contributed by atoms with Crippen molar-refractivity contribution in [3.63, 3.8) is 0 Å². The molecule has 0 aliphatic heterocycles. The van der Waals surface area contributed by atoms with E-state index in [0.29, 0.717) is 17.0 Å². The Bertz CT molecular complexity index is 510. The third kappa shape index (κ3) is 1.52. The fourth-order valence-electron chi connectivity index (χ4n) is 1.46. The molecule has 2 aromatic rings. The molecule has 0 aliphatic carbocycles. The zero-order valence-electron chi connectivity index (χ0n) is 8.37. The molecule has 0 saturated heterocycles. The topological polar surface area (TPSA) is 79.1 Å². The van der Waals surface area contributed by atoms with Gasteiger partial charge >= 0.3 is 5.97 Å². The quantitative estimate of drug-likeness (QED) is 0.787. The van der Waals surface area contributed by atoms with Gasteiger partial charge in [-0.15, -0.1) is 0 Å². The first-order chi connectivity index (χ1) is 7.09. The lowest BCUT2D eigenvalue weighted by Gasteiger charge is -1.92. The molecule has 0 radical (unpaired) electrons. The number of aromatic carboxylic acids is 1. The molecular weight excluding hydrogens is 196 g/mol. The van der Waals surface area contributed by atoms with Crippen LogP contribution in [0.1, 0.15) is 21.7 Å². The van der Waals surface area contributed by atoms with Crippen LogP contribution in [-0.2, 0) is 0 Å². The van der Waals surface area contributed by atoms with E-state index in [1.165, 1.54) is 6.39 Å². The molecule has 0 saturated carbocycles. The first-order valence-electron chi connectivity index (χ1n) is 4.43. The zero-order valence-corrected chi connectivity index (χ0v) is 8.37. The van der Waals surface area contributed by atoms with Crippen LogP contribution in [-0.4, -0.2) is 21.0 Å². The van der Waals surface area contributed by atoms with E-state index in [2.05, 4.69) is 9.97 Å². The van der Waals surface area contributed by atoms with Crippen molar-refractivity contribution in [3.05, 3.63) is 29.4 Å². The molecule has 2 heterocycles. The van der Waals surface area contributed by atoms with Gasteiger partial charge in [0, 0.05) is 0 Å². The molecule has 2 rings (SSSR count). The molecule has 78 valence electrons. The van der Waals surface area contributed by atoms with Gasteiger partial charge in [0.1, 0.15) is 5.69 Å². The summed E-state index contributed by atoms with van der Waals surface area (Å²) in [5.41, 5.74) is 2.22. The molecule has 2 N–H and O–H groups in total. The zero-order chi connectivity index (χ0) is 11.0. The Morgan fingerprint density at radius 2 is 2.27 bits per heavy atom. The molecule has 0 atom stereocenters. The second-order valence-corrected chi connectivity index (χ2v) is 3.31. The number of aryl methyl sites for hydroxylation is 2. The van der Waals surface area contributed by atoms with Gasteiger partial charge in [0.05, 0.1) is 11.4 Å². The molecule has 0 unspecified atom stereocenters. The standard InChI is InChI=1S/C10H10N2O3/c1-5-3-7(12-8(5)10(13)14)9-6(2)11-4-15-9/h3-4,12H,1-2H3,(H,13,14). The van der Waals surface area contributed by atoms with Gasteiger partial charge in [0.2, 0.25) is 0 Å². The second-order valence-electron chi connectivity index (χ2n) is 3.31. The van der Waals surface area contributed by atoms with E-state index in [0.717, 1.165) is 5.69 Å². The number of aromatic nitrogens is 2. The number of nitrogens with zero attached hydrogens (tertiary/aromatic N) is 1. The monoisotopic (exact) mass is 206 g/mol. The number of aromatic amines is 1. The predicted octanol–water partition coefficient (Wildman–Crippen LogP) is 1.98. The predicted molar refractivity (Wildman–Crippen MR) is 52.7 cm³/mol. The Balaban J connectivity index is 2.52. The third-order valence-corrected chi connectivity index (χ3v) is 2.22. The number of rotatable bonds is 2. The van der Waals surface area contributed by atoms with E-state index in [1.54, 1.807) is 19.9 Å². The third-order valence-electron chi connectivity index (χ3n) is 2.22. The number of carbonyl (C=O) groups is 1. The summed E-state index contributed by atoms with van der Waals surface area (Å²) >= 11 is 0. The largest absolute Gasteiger partial charge is 0.477 e. The average molecular weight is 206 g/mol. The lowest BCUT2D eigenvalue weighted by Crippen LogP contribution is -1.98. The van der Waals surface area contributed by atoms with Crippen molar-refractivity contribution < 1.29 is 14.3 Å². The second kappa shape index (κ2) is 3.27. The molecular formula is C10H10N2O3. The summed E-state index contributed by atoms with van der Waals surface area (Å²) in [6.07, 6.45) is 1.33. The number of oxazole rings is 1. The highest BCUT2D eigenvalue weighted by atomic mass is 16.4. The van der Waals surface area contributed by atoms with Gasteiger partial charge < -0.3 is 14.5 Å². The van der Waals surface area contributed by atoms with Crippen LogP contribution in [0.15, 0.2) is 16.9 Å². The molecule has 0 bridgehead atoms. The summed E-state index contributed by atoms with van der Waals surface area (Å²) in [5.74, 6) is -0.401. The summed E-state index contributed by atoms with van der Waals surface area (Å²) < 4.78 is 5.16. The van der Waals surface area contributed by atoms with Crippen LogP contribution in [0.5, 0.6) is 0 Å². The highest BCUT2D eigenvalue weighted by Crippen LogP contribution is 2.23. The van der Waals surface area contributed by atoms with E-state index < -0.39 is 5.97 Å². The number of H-pyrrole nitrogens is 1. The maximum Gasteiger partial charge on any atom is 0.352 e. The smallest absolute Gasteiger partial charge is 0.352 e. The van der Waals surface area contributed by atoms with Crippen molar-refractivity contribution in [2.45, 2.75) is 13.8 Å². The van der Waals surface area contributed by atoms with Gasteiger partial charge in [-0.2, -0.15) is 0 Å². The molecule has 5 heteroatoms. The highest BCUT2D eigenvalue weighted by Gasteiger charge is 2.15. The number of carboxylic acids is 1. The highest BCUT2D eigenvalue weighted by molar-refractivity contribution is 5.88. The molecule has 0 fully saturated rings. The number of hydrogen-bond acceptors (Lipinski definition) is 3. The summed E-state index contributed by atoms with van der Waals surface area (Å²) in [6.45, 7) is 3.53. The Morgan fingerprint density at radius 3 is 2.73 bits per heavy atom. The molecule has 0 aromatic carbocycles. The van der Waals surface area contributed by atoms with Crippen LogP contribution in [0.3, 0.4) is 0 Å². The summed E-state index contributed by atoms with van der Waals surface area (Å²) in [7, 11) is 0. The summed E-state index contributed by atoms with van der Waals surface area (Å²) in [6, 6.07) is 1.73. The van der Waals surface area contributed by atoms with Crippen molar-refractivity contribution in [2.24, 2.45) is 0 Å². The van der Waals surface area contributed by atoms with Crippen molar-refractivity contribution in [1.29, 1.82) is 0 Å². The Hall–Kier alpha value is -2.04. The van der Waals surface area contributed by atoms with Crippen LogP contribution in [0, 0.1) is 13.8 Å². The maximum absolute atomic E-state index is 10.8. The van der Waals surface area contributed by atoms with Crippen molar-refractivity contribution >= 4 is 5.97 Å². The fraction of sp³-hybridized carbons (Fsp3) is 0.200. The number of hydrogen-bond donors (Lipinski definition) is 2. The minimum atomic E-state index is -0.976. The SMILES string of the molecule is Cc1cc(-c2ocnc2C)[nH]c1C(=O)O. The minimum absolute atomic E-state index is 0.181. The van der Waals surface area contributed by atoms with Crippen molar-refractivity contribution in [1.82, 2.24) is 9.97 Å². The number of carboxylic acid groups (broad SMARTS) is 1. The summed E-state index contributed by atoms with van der Waals surface area (Å²) in [5, 5.41) is 8.87. The van der Waals surface area contributed by atoms with E-state index in [-0.39, 0.29) is 5.69 Å². The van der Waals surface area contributed by atoms with Crippen molar-refractivity contribution in [3.8, 4) is 11.5 Å². The normalized spacial score (nSPS) is 10.5.